The number of pyridine rings is 1. The van der Waals surface area contributed by atoms with Crippen LogP contribution in [0, 0.1) is 12.7 Å². The number of aromatic nitrogens is 1. The van der Waals surface area contributed by atoms with Crippen LogP contribution >= 0.6 is 15.9 Å². The van der Waals surface area contributed by atoms with Crippen molar-refractivity contribution in [3.05, 3.63) is 57.9 Å². The Morgan fingerprint density at radius 2 is 2.11 bits per heavy atom. The zero-order chi connectivity index (χ0) is 13.0. The predicted octanol–water partition coefficient (Wildman–Crippen LogP) is 3.95. The summed E-state index contributed by atoms with van der Waals surface area (Å²) in [6.45, 7) is 2.68. The quantitative estimate of drug-likeness (QED) is 0.925. The third-order valence-electron chi connectivity index (χ3n) is 2.63. The van der Waals surface area contributed by atoms with E-state index in [-0.39, 0.29) is 5.82 Å². The first-order valence-corrected chi connectivity index (χ1v) is 6.56. The van der Waals surface area contributed by atoms with Crippen LogP contribution in [0.5, 0.6) is 0 Å². The van der Waals surface area contributed by atoms with E-state index in [0.717, 1.165) is 34.5 Å². The van der Waals surface area contributed by atoms with Gasteiger partial charge in [-0.1, -0.05) is 12.1 Å². The normalized spacial score (nSPS) is 10.4. The Labute approximate surface area is 114 Å². The minimum absolute atomic E-state index is 0.190. The molecule has 1 aromatic carbocycles. The highest BCUT2D eigenvalue weighted by molar-refractivity contribution is 9.10. The van der Waals surface area contributed by atoms with Crippen molar-refractivity contribution >= 4 is 21.7 Å². The zero-order valence-electron chi connectivity index (χ0n) is 10.1. The Bertz CT molecular complexity index is 543. The minimum atomic E-state index is -0.190. The summed E-state index contributed by atoms with van der Waals surface area (Å²) in [7, 11) is 0. The van der Waals surface area contributed by atoms with Crippen LogP contribution in [0.1, 0.15) is 11.3 Å². The third kappa shape index (κ3) is 3.53. The summed E-state index contributed by atoms with van der Waals surface area (Å²) in [5.41, 5.74) is 1.93. The average Bonchev–Trinajstić information content (AvgIpc) is 2.34. The lowest BCUT2D eigenvalue weighted by Crippen LogP contribution is -2.06. The van der Waals surface area contributed by atoms with Crippen molar-refractivity contribution in [1.29, 1.82) is 0 Å². The topological polar surface area (TPSA) is 24.9 Å². The van der Waals surface area contributed by atoms with Gasteiger partial charge >= 0.3 is 0 Å². The summed E-state index contributed by atoms with van der Waals surface area (Å²) < 4.78 is 14.0. The molecule has 2 nitrogen and oxygen atoms in total. The second kappa shape index (κ2) is 5.96. The van der Waals surface area contributed by atoms with Crippen molar-refractivity contribution in [2.24, 2.45) is 0 Å². The number of benzene rings is 1. The highest BCUT2D eigenvalue weighted by atomic mass is 79.9. The molecular formula is C14H14BrFN2. The van der Waals surface area contributed by atoms with E-state index < -0.39 is 0 Å². The second-order valence-corrected chi connectivity index (χ2v) is 4.92. The summed E-state index contributed by atoms with van der Waals surface area (Å²) in [6.07, 6.45) is 0.772. The maximum absolute atomic E-state index is 13.0. The van der Waals surface area contributed by atoms with Gasteiger partial charge in [0, 0.05) is 11.0 Å². The molecule has 0 amide bonds. The number of hydrogen-bond acceptors (Lipinski definition) is 2. The highest BCUT2D eigenvalue weighted by Gasteiger charge is 1.99. The Hall–Kier alpha value is -1.42. The van der Waals surface area contributed by atoms with Gasteiger partial charge in [0.1, 0.15) is 11.6 Å². The third-order valence-corrected chi connectivity index (χ3v) is 3.47. The smallest absolute Gasteiger partial charge is 0.126 e. The van der Waals surface area contributed by atoms with Gasteiger partial charge in [-0.3, -0.25) is 0 Å². The Morgan fingerprint density at radius 3 is 2.83 bits per heavy atom. The molecule has 4 heteroatoms. The first-order valence-electron chi connectivity index (χ1n) is 5.76. The van der Waals surface area contributed by atoms with Crippen molar-refractivity contribution in [3.8, 4) is 0 Å². The summed E-state index contributed by atoms with van der Waals surface area (Å²) in [5.74, 6) is 0.650. The number of aryl methyl sites for hydroxylation is 1. The summed E-state index contributed by atoms with van der Waals surface area (Å²) in [4.78, 5) is 4.39. The van der Waals surface area contributed by atoms with Gasteiger partial charge in [0.05, 0.1) is 5.69 Å². The van der Waals surface area contributed by atoms with Gasteiger partial charge in [-0.2, -0.15) is 0 Å². The molecule has 0 atom stereocenters. The van der Waals surface area contributed by atoms with Crippen LogP contribution in [0.25, 0.3) is 0 Å². The summed E-state index contributed by atoms with van der Waals surface area (Å²) in [5, 5.41) is 3.23. The van der Waals surface area contributed by atoms with E-state index in [2.05, 4.69) is 26.2 Å². The maximum atomic E-state index is 13.0. The van der Waals surface area contributed by atoms with E-state index in [1.807, 2.05) is 25.1 Å². The number of rotatable bonds is 4. The predicted molar refractivity (Wildman–Crippen MR) is 75.3 cm³/mol. The van der Waals surface area contributed by atoms with Gasteiger partial charge < -0.3 is 5.32 Å². The van der Waals surface area contributed by atoms with Crippen molar-refractivity contribution in [1.82, 2.24) is 4.98 Å². The average molecular weight is 309 g/mol. The molecule has 18 heavy (non-hydrogen) atoms. The zero-order valence-corrected chi connectivity index (χ0v) is 11.7. The lowest BCUT2D eigenvalue weighted by molar-refractivity contribution is 0.625. The fourth-order valence-corrected chi connectivity index (χ4v) is 1.89. The van der Waals surface area contributed by atoms with Crippen LogP contribution in [0.4, 0.5) is 10.2 Å². The second-order valence-electron chi connectivity index (χ2n) is 4.07. The molecule has 2 rings (SSSR count). The number of anilines is 1. The number of halogens is 2. The van der Waals surface area contributed by atoms with E-state index >= 15 is 0 Å². The van der Waals surface area contributed by atoms with Crippen LogP contribution in [-0.4, -0.2) is 11.5 Å². The van der Waals surface area contributed by atoms with Crippen LogP contribution in [0.15, 0.2) is 40.9 Å². The fourth-order valence-electron chi connectivity index (χ4n) is 1.67. The number of nitrogens with zero attached hydrogens (tertiary/aromatic N) is 1. The molecule has 0 bridgehead atoms. The van der Waals surface area contributed by atoms with Gasteiger partial charge in [-0.05, 0) is 59.1 Å². The lowest BCUT2D eigenvalue weighted by Gasteiger charge is -2.07. The molecule has 0 spiro atoms. The molecular weight excluding hydrogens is 295 g/mol. The molecule has 1 N–H and O–H groups in total. The first kappa shape index (κ1) is 13.0. The van der Waals surface area contributed by atoms with E-state index in [1.165, 1.54) is 6.07 Å². The SMILES string of the molecule is Cc1nc(NCCc2cccc(F)c2)ccc1Br. The molecule has 0 saturated carbocycles. The van der Waals surface area contributed by atoms with Crippen molar-refractivity contribution in [2.45, 2.75) is 13.3 Å². The molecule has 0 unspecified atom stereocenters. The Kier molecular flexibility index (Phi) is 4.31. The van der Waals surface area contributed by atoms with Gasteiger partial charge in [-0.25, -0.2) is 9.37 Å². The van der Waals surface area contributed by atoms with E-state index in [9.17, 15) is 4.39 Å². The van der Waals surface area contributed by atoms with Crippen LogP contribution in [-0.2, 0) is 6.42 Å². The standard InChI is InChI=1S/C14H14BrFN2/c1-10-13(15)5-6-14(18-10)17-8-7-11-3-2-4-12(16)9-11/h2-6,9H,7-8H2,1H3,(H,17,18). The van der Waals surface area contributed by atoms with Crippen molar-refractivity contribution in [2.75, 3.05) is 11.9 Å². The molecule has 2 aromatic rings. The maximum Gasteiger partial charge on any atom is 0.126 e. The molecule has 94 valence electrons. The molecule has 0 aliphatic carbocycles. The molecule has 1 aromatic heterocycles. The van der Waals surface area contributed by atoms with Crippen LogP contribution in [0.3, 0.4) is 0 Å². The Morgan fingerprint density at radius 1 is 1.28 bits per heavy atom. The van der Waals surface area contributed by atoms with Crippen molar-refractivity contribution < 1.29 is 4.39 Å². The molecule has 0 fully saturated rings. The van der Waals surface area contributed by atoms with E-state index in [0.29, 0.717) is 0 Å². The highest BCUT2D eigenvalue weighted by Crippen LogP contribution is 2.16. The van der Waals surface area contributed by atoms with Crippen LogP contribution in [0.2, 0.25) is 0 Å². The molecule has 0 aliphatic heterocycles. The first-order chi connectivity index (χ1) is 8.65. The van der Waals surface area contributed by atoms with Gasteiger partial charge in [-0.15, -0.1) is 0 Å². The molecule has 0 saturated heterocycles. The van der Waals surface area contributed by atoms with Gasteiger partial charge in [0.2, 0.25) is 0 Å². The summed E-state index contributed by atoms with van der Waals surface area (Å²) in [6, 6.07) is 10.5. The number of nitrogens with one attached hydrogen (secondary N) is 1. The van der Waals surface area contributed by atoms with Crippen LogP contribution < -0.4 is 5.32 Å². The lowest BCUT2D eigenvalue weighted by atomic mass is 10.1. The van der Waals surface area contributed by atoms with E-state index in [4.69, 9.17) is 0 Å². The number of hydrogen-bond donors (Lipinski definition) is 1. The molecule has 1 heterocycles. The monoisotopic (exact) mass is 308 g/mol. The summed E-state index contributed by atoms with van der Waals surface area (Å²) >= 11 is 3.41. The largest absolute Gasteiger partial charge is 0.370 e. The molecule has 0 radical (unpaired) electrons. The van der Waals surface area contributed by atoms with E-state index in [1.54, 1.807) is 12.1 Å². The Balaban J connectivity index is 1.90. The van der Waals surface area contributed by atoms with Crippen molar-refractivity contribution in [3.63, 3.8) is 0 Å². The van der Waals surface area contributed by atoms with Gasteiger partial charge in [0.25, 0.3) is 0 Å². The van der Waals surface area contributed by atoms with Gasteiger partial charge in [0.15, 0.2) is 0 Å². The fraction of sp³-hybridized carbons (Fsp3) is 0.214. The minimum Gasteiger partial charge on any atom is -0.370 e. The molecule has 0 aliphatic rings.